The van der Waals surface area contributed by atoms with E-state index in [0.29, 0.717) is 11.7 Å². The largest absolute Gasteiger partial charge is 0.497 e. The van der Waals surface area contributed by atoms with Gasteiger partial charge in [0.05, 0.1) is 12.8 Å². The van der Waals surface area contributed by atoms with Gasteiger partial charge in [-0.2, -0.15) is 0 Å². The van der Waals surface area contributed by atoms with Gasteiger partial charge in [-0.25, -0.2) is 9.97 Å². The molecule has 0 aliphatic carbocycles. The Labute approximate surface area is 171 Å². The van der Waals surface area contributed by atoms with Crippen LogP contribution >= 0.6 is 0 Å². The minimum atomic E-state index is 0.468. The lowest BCUT2D eigenvalue weighted by Gasteiger charge is -2.34. The zero-order valence-electron chi connectivity index (χ0n) is 16.7. The average Bonchev–Trinajstić information content (AvgIpc) is 2.79. The summed E-state index contributed by atoms with van der Waals surface area (Å²) in [6.07, 6.45) is 3.40. The zero-order valence-corrected chi connectivity index (χ0v) is 16.7. The Hall–Kier alpha value is -3.32. The van der Waals surface area contributed by atoms with Gasteiger partial charge >= 0.3 is 0 Å². The Balaban J connectivity index is 1.57. The molecule has 0 N–H and O–H groups in total. The fourth-order valence-corrected chi connectivity index (χ4v) is 3.21. The maximum Gasteiger partial charge on any atom is 0.264 e. The third kappa shape index (κ3) is 4.57. The summed E-state index contributed by atoms with van der Waals surface area (Å²) in [6, 6.07) is 17.5. The number of piperazine rings is 1. The van der Waals surface area contributed by atoms with Crippen LogP contribution in [0, 0.1) is 0 Å². The summed E-state index contributed by atoms with van der Waals surface area (Å²) in [5.41, 5.74) is 2.06. The first kappa shape index (κ1) is 19.0. The van der Waals surface area contributed by atoms with Crippen molar-refractivity contribution in [1.29, 1.82) is 0 Å². The average molecular weight is 391 g/mol. The van der Waals surface area contributed by atoms with Gasteiger partial charge < -0.3 is 19.4 Å². The van der Waals surface area contributed by atoms with Gasteiger partial charge in [-0.1, -0.05) is 0 Å². The minimum Gasteiger partial charge on any atom is -0.497 e. The van der Waals surface area contributed by atoms with Crippen LogP contribution in [-0.4, -0.2) is 55.2 Å². The van der Waals surface area contributed by atoms with Gasteiger partial charge in [0.15, 0.2) is 5.75 Å². The van der Waals surface area contributed by atoms with E-state index in [0.717, 1.165) is 37.6 Å². The lowest BCUT2D eigenvalue weighted by molar-refractivity contribution is 0.312. The number of methoxy groups -OCH3 is 1. The third-order valence-corrected chi connectivity index (χ3v) is 4.94. The number of likely N-dealkylation sites (N-methyl/N-ethyl adjacent to an activating group) is 1. The summed E-state index contributed by atoms with van der Waals surface area (Å²) >= 11 is 0. The smallest absolute Gasteiger partial charge is 0.264 e. The van der Waals surface area contributed by atoms with Gasteiger partial charge in [0, 0.05) is 44.3 Å². The molecule has 7 heteroatoms. The van der Waals surface area contributed by atoms with Crippen LogP contribution in [0.15, 0.2) is 67.0 Å². The van der Waals surface area contributed by atoms with E-state index in [-0.39, 0.29) is 0 Å². The molecule has 150 valence electrons. The Morgan fingerprint density at radius 2 is 1.45 bits per heavy atom. The van der Waals surface area contributed by atoms with Gasteiger partial charge in [-0.3, -0.25) is 0 Å². The summed E-state index contributed by atoms with van der Waals surface area (Å²) < 4.78 is 5.22. The van der Waals surface area contributed by atoms with Crippen LogP contribution in [0.5, 0.6) is 11.5 Å². The van der Waals surface area contributed by atoms with Crippen molar-refractivity contribution in [3.63, 3.8) is 0 Å². The zero-order chi connectivity index (χ0) is 20.1. The highest BCUT2D eigenvalue weighted by Crippen LogP contribution is 2.28. The molecule has 4 rings (SSSR count). The van der Waals surface area contributed by atoms with Crippen molar-refractivity contribution in [2.24, 2.45) is 0 Å². The summed E-state index contributed by atoms with van der Waals surface area (Å²) in [4.78, 5) is 19.6. The number of hydrogen-bond donors (Lipinski definition) is 0. The van der Waals surface area contributed by atoms with Crippen LogP contribution in [0.3, 0.4) is 0 Å². The number of hydrogen-bond acceptors (Lipinski definition) is 7. The molecule has 0 unspecified atom stereocenters. The predicted octanol–water partition coefficient (Wildman–Crippen LogP) is 3.37. The van der Waals surface area contributed by atoms with Crippen molar-refractivity contribution in [2.45, 2.75) is 0 Å². The summed E-state index contributed by atoms with van der Waals surface area (Å²) in [5.74, 6) is 1.91. The van der Waals surface area contributed by atoms with Crippen molar-refractivity contribution in [3.8, 4) is 11.5 Å². The van der Waals surface area contributed by atoms with Crippen molar-refractivity contribution in [3.05, 3.63) is 67.0 Å². The minimum absolute atomic E-state index is 0.468. The molecule has 7 nitrogen and oxygen atoms in total. The van der Waals surface area contributed by atoms with Crippen LogP contribution in [0.4, 0.5) is 17.3 Å². The van der Waals surface area contributed by atoms with Crippen LogP contribution < -0.4 is 19.5 Å². The molecule has 2 heterocycles. The summed E-state index contributed by atoms with van der Waals surface area (Å²) in [6.45, 7) is 4.21. The van der Waals surface area contributed by atoms with Crippen LogP contribution in [0.2, 0.25) is 0 Å². The highest BCUT2D eigenvalue weighted by molar-refractivity contribution is 5.60. The highest BCUT2D eigenvalue weighted by atomic mass is 16.7. The molecule has 1 fully saturated rings. The molecule has 0 atom stereocenters. The van der Waals surface area contributed by atoms with E-state index in [2.05, 4.69) is 38.9 Å². The quantitative estimate of drug-likeness (QED) is 0.597. The molecule has 1 saturated heterocycles. The lowest BCUT2D eigenvalue weighted by Crippen LogP contribution is -2.44. The second-order valence-corrected chi connectivity index (χ2v) is 6.92. The first-order valence-electron chi connectivity index (χ1n) is 9.66. The Kier molecular flexibility index (Phi) is 5.76. The first-order valence-corrected chi connectivity index (χ1v) is 9.66. The number of nitrogens with zero attached hydrogens (tertiary/aromatic N) is 5. The molecule has 1 aromatic heterocycles. The first-order chi connectivity index (χ1) is 14.2. The van der Waals surface area contributed by atoms with E-state index in [1.807, 2.05) is 36.4 Å². The van der Waals surface area contributed by atoms with Crippen LogP contribution in [0.1, 0.15) is 0 Å². The molecule has 29 heavy (non-hydrogen) atoms. The molecule has 1 aliphatic heterocycles. The molecule has 0 spiro atoms. The van der Waals surface area contributed by atoms with Gasteiger partial charge in [0.25, 0.3) is 5.95 Å². The number of rotatable bonds is 6. The van der Waals surface area contributed by atoms with Crippen LogP contribution in [-0.2, 0) is 0 Å². The van der Waals surface area contributed by atoms with E-state index >= 15 is 0 Å². The Morgan fingerprint density at radius 3 is 2.07 bits per heavy atom. The number of benzene rings is 2. The molecule has 3 aromatic rings. The van der Waals surface area contributed by atoms with Gasteiger partial charge in [0.2, 0.25) is 0 Å². The number of aromatic nitrogens is 2. The normalized spacial score (nSPS) is 14.5. The summed E-state index contributed by atoms with van der Waals surface area (Å²) in [5, 5.41) is 1.63. The molecule has 0 amide bonds. The number of ether oxygens (including phenoxy) is 1. The second-order valence-electron chi connectivity index (χ2n) is 6.92. The lowest BCUT2D eigenvalue weighted by atomic mass is 10.2. The summed E-state index contributed by atoms with van der Waals surface area (Å²) in [7, 11) is 3.80. The maximum absolute atomic E-state index is 6.12. The van der Waals surface area contributed by atoms with E-state index in [9.17, 15) is 0 Å². The van der Waals surface area contributed by atoms with E-state index in [4.69, 9.17) is 9.57 Å². The highest BCUT2D eigenvalue weighted by Gasteiger charge is 2.17. The predicted molar refractivity (Wildman–Crippen MR) is 114 cm³/mol. The Morgan fingerprint density at radius 1 is 0.828 bits per heavy atom. The molecular formula is C22H25N5O2. The topological polar surface area (TPSA) is 54.0 Å². The monoisotopic (exact) mass is 391 g/mol. The van der Waals surface area contributed by atoms with E-state index < -0.39 is 0 Å². The fourth-order valence-electron chi connectivity index (χ4n) is 3.21. The van der Waals surface area contributed by atoms with Crippen molar-refractivity contribution >= 4 is 17.3 Å². The van der Waals surface area contributed by atoms with Crippen molar-refractivity contribution in [2.75, 3.05) is 50.3 Å². The second kappa shape index (κ2) is 8.79. The maximum atomic E-state index is 6.12. The van der Waals surface area contributed by atoms with Crippen molar-refractivity contribution in [1.82, 2.24) is 14.9 Å². The van der Waals surface area contributed by atoms with Gasteiger partial charge in [0.1, 0.15) is 5.75 Å². The molecule has 1 aliphatic rings. The molecule has 0 radical (unpaired) electrons. The third-order valence-electron chi connectivity index (χ3n) is 4.94. The van der Waals surface area contributed by atoms with Crippen LogP contribution in [0.25, 0.3) is 0 Å². The SMILES string of the molecule is COc1ccc(ON(c2ccc(N3CCN(C)CC3)cc2)c2ncccn2)cc1. The van der Waals surface area contributed by atoms with Gasteiger partial charge in [-0.05, 0) is 61.6 Å². The fraction of sp³-hybridized carbons (Fsp3) is 0.273. The molecule has 0 saturated carbocycles. The standard InChI is InChI=1S/C22H25N5O2/c1-25-14-16-26(17-15-25)18-4-6-19(7-5-18)27(22-23-12-3-13-24-22)29-21-10-8-20(28-2)9-11-21/h3-13H,14-17H2,1-2H3. The number of anilines is 3. The van der Waals surface area contributed by atoms with Gasteiger partial charge in [-0.15, -0.1) is 5.06 Å². The molecule has 2 aromatic carbocycles. The Bertz CT molecular complexity index is 895. The van der Waals surface area contributed by atoms with Crippen molar-refractivity contribution < 1.29 is 9.57 Å². The van der Waals surface area contributed by atoms with E-state index in [1.165, 1.54) is 5.69 Å². The molecular weight excluding hydrogens is 366 g/mol. The van der Waals surface area contributed by atoms with E-state index in [1.54, 1.807) is 30.6 Å². The molecule has 0 bridgehead atoms.